The number of nitrogens with one attached hydrogen (secondary N) is 1. The van der Waals surface area contributed by atoms with E-state index in [-0.39, 0.29) is 11.5 Å². The standard InChI is InChI=1S/C22H25Cl2N3O/c1-15(18-12-17(23)13-19-20(18)25-26-21(19)24)28-14-22(8-10-27(2)11-9-22)16-6-4-3-5-7-16/h3-7,12-13,15H,8-11,14H2,1-2H3,(H,25,26)/t15-/m1/s1. The number of hydrogen-bond donors (Lipinski definition) is 1. The van der Waals surface area contributed by atoms with Crippen molar-refractivity contribution in [1.82, 2.24) is 15.1 Å². The van der Waals surface area contributed by atoms with E-state index < -0.39 is 0 Å². The van der Waals surface area contributed by atoms with Crippen LogP contribution in [0.1, 0.15) is 37.0 Å². The highest BCUT2D eigenvalue weighted by atomic mass is 35.5. The fourth-order valence-electron chi connectivity index (χ4n) is 4.12. The molecule has 148 valence electrons. The van der Waals surface area contributed by atoms with Gasteiger partial charge in [-0.3, -0.25) is 5.10 Å². The first kappa shape index (κ1) is 19.7. The first-order valence-corrected chi connectivity index (χ1v) is 10.4. The summed E-state index contributed by atoms with van der Waals surface area (Å²) in [6, 6.07) is 14.5. The maximum Gasteiger partial charge on any atom is 0.132 e. The minimum Gasteiger partial charge on any atom is -0.373 e. The van der Waals surface area contributed by atoms with Gasteiger partial charge in [0.05, 0.1) is 18.2 Å². The number of piperidine rings is 1. The average molecular weight is 418 g/mol. The maximum atomic E-state index is 6.46. The molecule has 0 bridgehead atoms. The first-order valence-electron chi connectivity index (χ1n) is 9.67. The van der Waals surface area contributed by atoms with Gasteiger partial charge < -0.3 is 9.64 Å². The number of H-pyrrole nitrogens is 1. The molecule has 0 saturated carbocycles. The van der Waals surface area contributed by atoms with Crippen molar-refractivity contribution in [3.63, 3.8) is 0 Å². The van der Waals surface area contributed by atoms with Crippen molar-refractivity contribution in [3.05, 3.63) is 63.8 Å². The third-order valence-corrected chi connectivity index (χ3v) is 6.49. The summed E-state index contributed by atoms with van der Waals surface area (Å²) < 4.78 is 6.46. The molecule has 0 spiro atoms. The van der Waals surface area contributed by atoms with Gasteiger partial charge in [-0.15, -0.1) is 0 Å². The van der Waals surface area contributed by atoms with Crippen LogP contribution in [0.4, 0.5) is 0 Å². The molecule has 4 rings (SSSR count). The van der Waals surface area contributed by atoms with Crippen molar-refractivity contribution in [2.24, 2.45) is 0 Å². The summed E-state index contributed by atoms with van der Waals surface area (Å²) in [7, 11) is 2.18. The van der Waals surface area contributed by atoms with Gasteiger partial charge in [0, 0.05) is 21.4 Å². The highest BCUT2D eigenvalue weighted by Crippen LogP contribution is 2.38. The van der Waals surface area contributed by atoms with Gasteiger partial charge >= 0.3 is 0 Å². The maximum absolute atomic E-state index is 6.46. The quantitative estimate of drug-likeness (QED) is 0.586. The minimum absolute atomic E-state index is 0.0307. The van der Waals surface area contributed by atoms with Gasteiger partial charge in [0.15, 0.2) is 0 Å². The van der Waals surface area contributed by atoms with E-state index in [4.69, 9.17) is 27.9 Å². The number of rotatable bonds is 5. The number of benzene rings is 2. The molecular weight excluding hydrogens is 393 g/mol. The van der Waals surface area contributed by atoms with E-state index in [1.54, 1.807) is 0 Å². The Morgan fingerprint density at radius 3 is 2.61 bits per heavy atom. The Balaban J connectivity index is 1.60. The third kappa shape index (κ3) is 3.79. The molecule has 1 N–H and O–H groups in total. The monoisotopic (exact) mass is 417 g/mol. The molecule has 0 amide bonds. The van der Waals surface area contributed by atoms with E-state index in [1.165, 1.54) is 5.56 Å². The Morgan fingerprint density at radius 2 is 1.89 bits per heavy atom. The molecule has 4 nitrogen and oxygen atoms in total. The topological polar surface area (TPSA) is 41.1 Å². The molecule has 3 aromatic rings. The van der Waals surface area contributed by atoms with Gasteiger partial charge in [0.2, 0.25) is 0 Å². The van der Waals surface area contributed by atoms with E-state index >= 15 is 0 Å². The van der Waals surface area contributed by atoms with Crippen LogP contribution in [-0.2, 0) is 10.2 Å². The van der Waals surface area contributed by atoms with E-state index in [9.17, 15) is 0 Å². The lowest BCUT2D eigenvalue weighted by Crippen LogP contribution is -2.44. The first-order chi connectivity index (χ1) is 13.5. The predicted molar refractivity (Wildman–Crippen MR) is 115 cm³/mol. The van der Waals surface area contributed by atoms with Crippen LogP contribution >= 0.6 is 23.2 Å². The number of hydrogen-bond acceptors (Lipinski definition) is 3. The highest BCUT2D eigenvalue weighted by Gasteiger charge is 2.36. The highest BCUT2D eigenvalue weighted by molar-refractivity contribution is 6.36. The molecule has 2 aromatic carbocycles. The number of nitrogens with zero attached hydrogens (tertiary/aromatic N) is 2. The summed E-state index contributed by atoms with van der Waals surface area (Å²) in [4.78, 5) is 2.39. The number of aromatic nitrogens is 2. The summed E-state index contributed by atoms with van der Waals surface area (Å²) in [6.45, 7) is 4.87. The Morgan fingerprint density at radius 1 is 1.18 bits per heavy atom. The van der Waals surface area contributed by atoms with E-state index in [0.29, 0.717) is 16.8 Å². The molecule has 0 aliphatic carbocycles. The number of likely N-dealkylation sites (tertiary alicyclic amines) is 1. The van der Waals surface area contributed by atoms with E-state index in [1.807, 2.05) is 12.1 Å². The molecule has 1 fully saturated rings. The second kappa shape index (κ2) is 8.03. The number of halogens is 2. The fourth-order valence-corrected chi connectivity index (χ4v) is 4.53. The number of fused-ring (bicyclic) bond motifs is 1. The molecule has 1 saturated heterocycles. The van der Waals surface area contributed by atoms with E-state index in [0.717, 1.165) is 42.4 Å². The molecule has 1 aliphatic rings. The Kier molecular flexibility index (Phi) is 5.66. The summed E-state index contributed by atoms with van der Waals surface area (Å²) in [5.41, 5.74) is 3.17. The van der Waals surface area contributed by atoms with Gasteiger partial charge in [-0.1, -0.05) is 53.5 Å². The summed E-state index contributed by atoms with van der Waals surface area (Å²) in [6.07, 6.45) is 2.03. The van der Waals surface area contributed by atoms with Crippen LogP contribution in [0, 0.1) is 0 Å². The van der Waals surface area contributed by atoms with E-state index in [2.05, 4.69) is 59.4 Å². The molecule has 0 unspecified atom stereocenters. The SMILES string of the molecule is C[C@@H](OCC1(c2ccccc2)CCN(C)CC1)c1cc(Cl)cc2c(Cl)[nH]nc12. The van der Waals surface area contributed by atoms with Gasteiger partial charge in [-0.05, 0) is 57.6 Å². The lowest BCUT2D eigenvalue weighted by molar-refractivity contribution is 0.00699. The Labute approximate surface area is 175 Å². The van der Waals surface area contributed by atoms with Gasteiger partial charge in [0.25, 0.3) is 0 Å². The number of aromatic amines is 1. The summed E-state index contributed by atoms with van der Waals surface area (Å²) in [5, 5.41) is 9.17. The van der Waals surface area contributed by atoms with Crippen molar-refractivity contribution in [1.29, 1.82) is 0 Å². The molecule has 0 radical (unpaired) electrons. The predicted octanol–water partition coefficient (Wildman–Crippen LogP) is 5.61. The normalized spacial score (nSPS) is 18.4. The Hall–Kier alpha value is -1.59. The van der Waals surface area contributed by atoms with Crippen LogP contribution < -0.4 is 0 Å². The molecule has 1 atom stereocenters. The summed E-state index contributed by atoms with van der Waals surface area (Å²) in [5.74, 6) is 0. The van der Waals surface area contributed by atoms with Gasteiger partial charge in [-0.25, -0.2) is 0 Å². The van der Waals surface area contributed by atoms with Crippen LogP contribution in [0.3, 0.4) is 0 Å². The van der Waals surface area contributed by atoms with Crippen molar-refractivity contribution in [3.8, 4) is 0 Å². The molecule has 1 aliphatic heterocycles. The summed E-state index contributed by atoms with van der Waals surface area (Å²) >= 11 is 12.5. The molecular formula is C22H25Cl2N3O. The third-order valence-electron chi connectivity index (χ3n) is 5.98. The second-order valence-corrected chi connectivity index (χ2v) is 8.65. The smallest absolute Gasteiger partial charge is 0.132 e. The van der Waals surface area contributed by atoms with Crippen LogP contribution in [0.15, 0.2) is 42.5 Å². The lowest BCUT2D eigenvalue weighted by Gasteiger charge is -2.41. The minimum atomic E-state index is -0.138. The fraction of sp³-hybridized carbons (Fsp3) is 0.409. The second-order valence-electron chi connectivity index (χ2n) is 7.83. The van der Waals surface area contributed by atoms with Crippen LogP contribution in [-0.4, -0.2) is 41.8 Å². The van der Waals surface area contributed by atoms with Gasteiger partial charge in [0.1, 0.15) is 5.15 Å². The lowest BCUT2D eigenvalue weighted by atomic mass is 9.73. The zero-order valence-corrected chi connectivity index (χ0v) is 17.7. The number of ether oxygens (including phenoxy) is 1. The van der Waals surface area contributed by atoms with Crippen LogP contribution in [0.5, 0.6) is 0 Å². The van der Waals surface area contributed by atoms with Crippen molar-refractivity contribution in [2.45, 2.75) is 31.3 Å². The molecule has 28 heavy (non-hydrogen) atoms. The van der Waals surface area contributed by atoms with Crippen molar-refractivity contribution >= 4 is 34.1 Å². The molecule has 6 heteroatoms. The van der Waals surface area contributed by atoms with Crippen molar-refractivity contribution < 1.29 is 4.74 Å². The van der Waals surface area contributed by atoms with Gasteiger partial charge in [-0.2, -0.15) is 5.10 Å². The van der Waals surface area contributed by atoms with Crippen molar-refractivity contribution in [2.75, 3.05) is 26.7 Å². The largest absolute Gasteiger partial charge is 0.373 e. The molecule has 1 aromatic heterocycles. The average Bonchev–Trinajstić information content (AvgIpc) is 3.08. The Bertz CT molecular complexity index is 949. The van der Waals surface area contributed by atoms with Crippen LogP contribution in [0.2, 0.25) is 10.2 Å². The zero-order chi connectivity index (χ0) is 19.7. The zero-order valence-electron chi connectivity index (χ0n) is 16.2. The molecule has 2 heterocycles. The van der Waals surface area contributed by atoms with Crippen LogP contribution in [0.25, 0.3) is 10.9 Å².